The van der Waals surface area contributed by atoms with Crippen LogP contribution in [0.4, 0.5) is 0 Å². The van der Waals surface area contributed by atoms with Crippen molar-refractivity contribution in [3.63, 3.8) is 0 Å². The minimum absolute atomic E-state index is 2.44. The quantitative estimate of drug-likeness (QED) is 0.486. The van der Waals surface area contributed by atoms with Crippen molar-refractivity contribution >= 4 is 28.8 Å². The van der Waals surface area contributed by atoms with Crippen molar-refractivity contribution in [1.29, 1.82) is 0 Å². The first-order valence-corrected chi connectivity index (χ1v) is 4.59. The molecule has 0 amide bonds. The van der Waals surface area contributed by atoms with Gasteiger partial charge in [0.15, 0.2) is 22.5 Å². The van der Waals surface area contributed by atoms with E-state index < -0.39 is 6.27 Å². The van der Waals surface area contributed by atoms with Gasteiger partial charge in [0.25, 0.3) is 0 Å². The van der Waals surface area contributed by atoms with E-state index in [1.165, 1.54) is 0 Å². The van der Waals surface area contributed by atoms with Crippen LogP contribution < -0.4 is 11.0 Å². The molecule has 0 unspecified atom stereocenters. The molecule has 5 heteroatoms. The smallest absolute Gasteiger partial charge is 0.160 e. The molecule has 0 aromatic carbocycles. The predicted octanol–water partition coefficient (Wildman–Crippen LogP) is 1.06. The summed E-state index contributed by atoms with van der Waals surface area (Å²) in [4.78, 5) is 0. The largest absolute Gasteiger partial charge is 0.345 e. The van der Waals surface area contributed by atoms with Crippen molar-refractivity contribution in [3.8, 4) is 0 Å². The fourth-order valence-electron chi connectivity index (χ4n) is 0. The van der Waals surface area contributed by atoms with Gasteiger partial charge in [0.05, 0.1) is 0 Å². The van der Waals surface area contributed by atoms with Crippen molar-refractivity contribution in [2.75, 3.05) is 0 Å². The van der Waals surface area contributed by atoms with Crippen LogP contribution in [0.15, 0.2) is 0 Å². The maximum atomic E-state index is 4.96. The van der Waals surface area contributed by atoms with Crippen LogP contribution in [0.25, 0.3) is 0 Å². The lowest BCUT2D eigenvalue weighted by Gasteiger charge is -1.84. The van der Waals surface area contributed by atoms with Crippen LogP contribution in [0, 0.1) is 0 Å². The molecule has 0 saturated heterocycles. The molecule has 0 atom stereocenters. The van der Waals surface area contributed by atoms with Crippen LogP contribution in [-0.4, -0.2) is 0 Å². The Kier molecular flexibility index (Phi) is 1.88. The number of hydrogen-bond acceptors (Lipinski definition) is 2. The van der Waals surface area contributed by atoms with Gasteiger partial charge in [-0.25, -0.2) is 0 Å². The second kappa shape index (κ2) is 1.59. The molecular formula is H4Cl2N2P+. The standard InChI is InChI=1S/Cl2H4N2P/c1-5(2,3)4/h3-4H2/q+1. The van der Waals surface area contributed by atoms with Crippen LogP contribution >= 0.6 is 28.8 Å². The number of hydrogen-bond donors (Lipinski definition) is 2. The van der Waals surface area contributed by atoms with E-state index in [4.69, 9.17) is 33.5 Å². The third kappa shape index (κ3) is 48.9. The Bertz CT molecular complexity index is 23.1. The Balaban J connectivity index is 3.02. The van der Waals surface area contributed by atoms with Crippen molar-refractivity contribution in [2.24, 2.45) is 11.0 Å². The Labute approximate surface area is 40.4 Å². The summed E-state index contributed by atoms with van der Waals surface area (Å²) in [5.74, 6) is 0. The van der Waals surface area contributed by atoms with Crippen molar-refractivity contribution < 1.29 is 0 Å². The zero-order valence-corrected chi connectivity index (χ0v) is 4.76. The highest BCUT2D eigenvalue weighted by Crippen LogP contribution is 2.52. The fourth-order valence-corrected chi connectivity index (χ4v) is 0. The zero-order chi connectivity index (χ0) is 4.50. The third-order valence-electron chi connectivity index (χ3n) is 0. The summed E-state index contributed by atoms with van der Waals surface area (Å²) in [6, 6.07) is 0. The maximum absolute atomic E-state index is 4.96. The van der Waals surface area contributed by atoms with E-state index in [2.05, 4.69) is 0 Å². The van der Waals surface area contributed by atoms with E-state index in [0.29, 0.717) is 0 Å². The molecule has 0 radical (unpaired) electrons. The molecule has 0 aliphatic heterocycles. The van der Waals surface area contributed by atoms with Crippen LogP contribution in [-0.2, 0) is 0 Å². The lowest BCUT2D eigenvalue weighted by atomic mass is 13.9. The summed E-state index contributed by atoms with van der Waals surface area (Å²) >= 11 is 9.92. The van der Waals surface area contributed by atoms with Crippen LogP contribution in [0.1, 0.15) is 0 Å². The van der Waals surface area contributed by atoms with Gasteiger partial charge in [0.2, 0.25) is 0 Å². The Morgan fingerprint density at radius 2 is 1.20 bits per heavy atom. The first-order chi connectivity index (χ1) is 2.00. The van der Waals surface area contributed by atoms with Gasteiger partial charge >= 0.3 is 6.27 Å². The molecule has 0 rings (SSSR count). The highest BCUT2D eigenvalue weighted by Gasteiger charge is 2.18. The summed E-state index contributed by atoms with van der Waals surface area (Å²) in [5, 5.41) is 0. The van der Waals surface area contributed by atoms with Crippen LogP contribution in [0.3, 0.4) is 0 Å². The molecule has 0 heterocycles. The van der Waals surface area contributed by atoms with E-state index in [1.807, 2.05) is 0 Å². The van der Waals surface area contributed by atoms with Gasteiger partial charge in [-0.3, -0.25) is 0 Å². The topological polar surface area (TPSA) is 52.0 Å². The van der Waals surface area contributed by atoms with Gasteiger partial charge in [0, 0.05) is 0 Å². The molecule has 0 aromatic rings. The normalized spacial score (nSPS) is 12.0. The van der Waals surface area contributed by atoms with Crippen LogP contribution in [0.5, 0.6) is 0 Å². The van der Waals surface area contributed by atoms with Crippen molar-refractivity contribution in [3.05, 3.63) is 0 Å². The molecule has 32 valence electrons. The first-order valence-electron chi connectivity index (χ1n) is 0.854. The number of rotatable bonds is 0. The predicted molar refractivity (Wildman–Crippen MR) is 27.0 cm³/mol. The van der Waals surface area contributed by atoms with E-state index in [-0.39, 0.29) is 0 Å². The second-order valence-electron chi connectivity index (χ2n) is 0.603. The Morgan fingerprint density at radius 3 is 1.20 bits per heavy atom. The summed E-state index contributed by atoms with van der Waals surface area (Å²) in [6.45, 7) is 0. The van der Waals surface area contributed by atoms with Crippen molar-refractivity contribution in [2.45, 2.75) is 0 Å². The van der Waals surface area contributed by atoms with E-state index in [1.54, 1.807) is 0 Å². The lowest BCUT2D eigenvalue weighted by molar-refractivity contribution is 1.83. The monoisotopic (exact) mass is 133 g/mol. The Morgan fingerprint density at radius 1 is 1.20 bits per heavy atom. The lowest BCUT2D eigenvalue weighted by Crippen LogP contribution is -1.98. The summed E-state index contributed by atoms with van der Waals surface area (Å²) in [6.07, 6.45) is -2.44. The highest BCUT2D eigenvalue weighted by molar-refractivity contribution is 8.14. The molecule has 2 nitrogen and oxygen atoms in total. The number of halogens is 2. The van der Waals surface area contributed by atoms with E-state index >= 15 is 0 Å². The molecule has 4 N–H and O–H groups in total. The van der Waals surface area contributed by atoms with Gasteiger partial charge < -0.3 is 0 Å². The van der Waals surface area contributed by atoms with E-state index in [0.717, 1.165) is 0 Å². The summed E-state index contributed by atoms with van der Waals surface area (Å²) in [5.41, 5.74) is 9.55. The van der Waals surface area contributed by atoms with Gasteiger partial charge in [-0.2, -0.15) is 11.0 Å². The van der Waals surface area contributed by atoms with E-state index in [9.17, 15) is 0 Å². The molecule has 0 aliphatic rings. The summed E-state index contributed by atoms with van der Waals surface area (Å²) < 4.78 is 0. The average Bonchev–Trinajstić information content (AvgIpc) is 0.722. The average molecular weight is 134 g/mol. The van der Waals surface area contributed by atoms with Crippen LogP contribution in [0.2, 0.25) is 0 Å². The molecule has 0 aromatic heterocycles. The molecular weight excluding hydrogens is 130 g/mol. The molecule has 5 heavy (non-hydrogen) atoms. The first kappa shape index (κ1) is 5.93. The molecule has 0 aliphatic carbocycles. The fraction of sp³-hybridized carbons (Fsp3) is 0. The zero-order valence-electron chi connectivity index (χ0n) is 2.36. The molecule has 0 bridgehead atoms. The molecule has 0 spiro atoms. The summed E-state index contributed by atoms with van der Waals surface area (Å²) in [7, 11) is 0. The minimum Gasteiger partial charge on any atom is -0.160 e. The van der Waals surface area contributed by atoms with Crippen molar-refractivity contribution in [1.82, 2.24) is 0 Å². The van der Waals surface area contributed by atoms with Gasteiger partial charge in [-0.1, -0.05) is 0 Å². The molecule has 0 fully saturated rings. The van der Waals surface area contributed by atoms with Gasteiger partial charge in [0.1, 0.15) is 0 Å². The third-order valence-corrected chi connectivity index (χ3v) is 0. The Hall–Kier alpha value is 0.930. The SMILES string of the molecule is N[P+](N)(Cl)Cl. The molecule has 0 saturated carbocycles. The minimum atomic E-state index is -2.44. The maximum Gasteiger partial charge on any atom is 0.345 e. The second-order valence-corrected chi connectivity index (χ2v) is 5.69. The number of nitrogens with two attached hydrogens (primary N) is 2. The van der Waals surface area contributed by atoms with Gasteiger partial charge in [-0.15, -0.1) is 0 Å². The highest BCUT2D eigenvalue weighted by atomic mass is 35.9. The van der Waals surface area contributed by atoms with Gasteiger partial charge in [-0.05, 0) is 0 Å².